The topological polar surface area (TPSA) is 29.5 Å². The van der Waals surface area contributed by atoms with Crippen LogP contribution in [0.3, 0.4) is 0 Å². The van der Waals surface area contributed by atoms with E-state index in [1.165, 1.54) is 38.5 Å². The third-order valence-corrected chi connectivity index (χ3v) is 3.67. The van der Waals surface area contributed by atoms with Crippen molar-refractivity contribution in [3.05, 3.63) is 29.8 Å². The molecule has 0 heterocycles. The first-order valence-corrected chi connectivity index (χ1v) is 8.19. The molecule has 0 saturated heterocycles. The largest absolute Gasteiger partial charge is 0.493 e. The third kappa shape index (κ3) is 6.42. The Labute approximate surface area is 124 Å². The lowest BCUT2D eigenvalue weighted by atomic mass is 10.1. The van der Waals surface area contributed by atoms with E-state index in [1.54, 1.807) is 0 Å². The fourth-order valence-electron chi connectivity index (χ4n) is 2.35. The highest BCUT2D eigenvalue weighted by Crippen LogP contribution is 2.27. The first kappa shape index (κ1) is 17.0. The molecule has 0 amide bonds. The van der Waals surface area contributed by atoms with Crippen molar-refractivity contribution in [2.75, 3.05) is 6.61 Å². The average Bonchev–Trinajstić information content (AvgIpc) is 2.49. The van der Waals surface area contributed by atoms with Crippen molar-refractivity contribution in [2.24, 2.45) is 0 Å². The maximum absolute atomic E-state index is 9.95. The quantitative estimate of drug-likeness (QED) is 0.559. The molecule has 1 unspecified atom stereocenters. The van der Waals surface area contributed by atoms with Gasteiger partial charge in [-0.3, -0.25) is 0 Å². The average molecular weight is 278 g/mol. The van der Waals surface area contributed by atoms with Crippen LogP contribution in [-0.4, -0.2) is 11.7 Å². The second-order valence-corrected chi connectivity index (χ2v) is 5.43. The van der Waals surface area contributed by atoms with Gasteiger partial charge in [0.15, 0.2) is 0 Å². The zero-order chi connectivity index (χ0) is 14.6. The summed E-state index contributed by atoms with van der Waals surface area (Å²) in [5, 5.41) is 9.95. The van der Waals surface area contributed by atoms with Gasteiger partial charge in [0.25, 0.3) is 0 Å². The molecule has 1 atom stereocenters. The maximum Gasteiger partial charge on any atom is 0.125 e. The molecular formula is C18H30O2. The molecule has 2 nitrogen and oxygen atoms in total. The number of hydrogen-bond acceptors (Lipinski definition) is 2. The summed E-state index contributed by atoms with van der Waals surface area (Å²) in [6.45, 7) is 4.98. The Bertz CT molecular complexity index is 349. The Morgan fingerprint density at radius 1 is 0.950 bits per heavy atom. The number of para-hydroxylation sites is 1. The van der Waals surface area contributed by atoms with Crippen LogP contribution in [0.5, 0.6) is 5.75 Å². The Morgan fingerprint density at radius 2 is 1.60 bits per heavy atom. The molecule has 1 rings (SSSR count). The lowest BCUT2D eigenvalue weighted by Gasteiger charge is -2.14. The van der Waals surface area contributed by atoms with Gasteiger partial charge in [0.1, 0.15) is 5.75 Å². The Morgan fingerprint density at radius 3 is 2.30 bits per heavy atom. The van der Waals surface area contributed by atoms with Crippen LogP contribution in [0.25, 0.3) is 0 Å². The molecule has 0 fully saturated rings. The maximum atomic E-state index is 9.95. The van der Waals surface area contributed by atoms with Crippen molar-refractivity contribution >= 4 is 0 Å². The molecule has 114 valence electrons. The van der Waals surface area contributed by atoms with Gasteiger partial charge in [0.2, 0.25) is 0 Å². The summed E-state index contributed by atoms with van der Waals surface area (Å²) in [6, 6.07) is 7.82. The molecule has 0 aromatic heterocycles. The molecule has 0 aliphatic rings. The summed E-state index contributed by atoms with van der Waals surface area (Å²) in [4.78, 5) is 0. The van der Waals surface area contributed by atoms with Gasteiger partial charge in [0, 0.05) is 5.56 Å². The third-order valence-electron chi connectivity index (χ3n) is 3.67. The zero-order valence-electron chi connectivity index (χ0n) is 13.1. The van der Waals surface area contributed by atoms with Gasteiger partial charge < -0.3 is 9.84 Å². The minimum absolute atomic E-state index is 0.416. The second kappa shape index (κ2) is 10.7. The molecule has 1 N–H and O–H groups in total. The normalized spacial score (nSPS) is 12.3. The number of benzene rings is 1. The highest BCUT2D eigenvalue weighted by molar-refractivity contribution is 5.34. The molecule has 1 aromatic rings. The van der Waals surface area contributed by atoms with Crippen molar-refractivity contribution in [1.29, 1.82) is 0 Å². The smallest absolute Gasteiger partial charge is 0.125 e. The summed E-state index contributed by atoms with van der Waals surface area (Å²) >= 11 is 0. The predicted molar refractivity (Wildman–Crippen MR) is 85.2 cm³/mol. The first-order valence-electron chi connectivity index (χ1n) is 8.19. The van der Waals surface area contributed by atoms with Gasteiger partial charge in [-0.2, -0.15) is 0 Å². The van der Waals surface area contributed by atoms with Crippen molar-refractivity contribution < 1.29 is 9.84 Å². The fraction of sp³-hybridized carbons (Fsp3) is 0.667. The molecule has 0 spiro atoms. The molecular weight excluding hydrogens is 248 g/mol. The van der Waals surface area contributed by atoms with Gasteiger partial charge in [-0.1, -0.05) is 70.6 Å². The van der Waals surface area contributed by atoms with E-state index >= 15 is 0 Å². The van der Waals surface area contributed by atoms with Crippen LogP contribution in [-0.2, 0) is 0 Å². The minimum Gasteiger partial charge on any atom is -0.493 e. The number of ether oxygens (including phenoxy) is 1. The molecule has 0 bridgehead atoms. The molecule has 0 aliphatic heterocycles. The van der Waals surface area contributed by atoms with E-state index in [4.69, 9.17) is 4.74 Å². The summed E-state index contributed by atoms with van der Waals surface area (Å²) in [7, 11) is 0. The van der Waals surface area contributed by atoms with Gasteiger partial charge >= 0.3 is 0 Å². The van der Waals surface area contributed by atoms with Crippen LogP contribution < -0.4 is 4.74 Å². The van der Waals surface area contributed by atoms with E-state index in [-0.39, 0.29) is 0 Å². The van der Waals surface area contributed by atoms with Gasteiger partial charge in [-0.05, 0) is 18.9 Å². The molecule has 0 aliphatic carbocycles. The first-order chi connectivity index (χ1) is 9.79. The van der Waals surface area contributed by atoms with E-state index in [9.17, 15) is 5.11 Å². The van der Waals surface area contributed by atoms with Crippen LogP contribution >= 0.6 is 0 Å². The molecule has 0 radical (unpaired) electrons. The molecule has 2 heteroatoms. The predicted octanol–water partition coefficient (Wildman–Crippen LogP) is 5.26. The van der Waals surface area contributed by atoms with Crippen LogP contribution in [0.2, 0.25) is 0 Å². The van der Waals surface area contributed by atoms with E-state index < -0.39 is 6.10 Å². The van der Waals surface area contributed by atoms with Gasteiger partial charge in [-0.25, -0.2) is 0 Å². The lowest BCUT2D eigenvalue weighted by molar-refractivity contribution is 0.167. The van der Waals surface area contributed by atoms with Crippen LogP contribution in [0.1, 0.15) is 76.9 Å². The zero-order valence-corrected chi connectivity index (χ0v) is 13.1. The SMILES string of the molecule is CCCCCCCCCOc1ccccc1C(O)CC. The van der Waals surface area contributed by atoms with E-state index in [0.717, 1.165) is 30.8 Å². The van der Waals surface area contributed by atoms with Gasteiger partial charge in [-0.15, -0.1) is 0 Å². The Balaban J connectivity index is 2.22. The fourth-order valence-corrected chi connectivity index (χ4v) is 2.35. The van der Waals surface area contributed by atoms with Crippen LogP contribution in [0.4, 0.5) is 0 Å². The number of rotatable bonds is 11. The number of aliphatic hydroxyl groups excluding tert-OH is 1. The summed E-state index contributed by atoms with van der Waals surface area (Å²) in [5.41, 5.74) is 0.915. The second-order valence-electron chi connectivity index (χ2n) is 5.43. The van der Waals surface area contributed by atoms with E-state index in [2.05, 4.69) is 6.92 Å². The monoisotopic (exact) mass is 278 g/mol. The van der Waals surface area contributed by atoms with E-state index in [1.807, 2.05) is 31.2 Å². The van der Waals surface area contributed by atoms with Crippen molar-refractivity contribution in [1.82, 2.24) is 0 Å². The number of aliphatic hydroxyl groups is 1. The molecule has 0 saturated carbocycles. The van der Waals surface area contributed by atoms with Crippen LogP contribution in [0.15, 0.2) is 24.3 Å². The van der Waals surface area contributed by atoms with E-state index in [0.29, 0.717) is 0 Å². The number of unbranched alkanes of at least 4 members (excludes halogenated alkanes) is 6. The minimum atomic E-state index is -0.416. The number of hydrogen-bond donors (Lipinski definition) is 1. The van der Waals surface area contributed by atoms with Crippen molar-refractivity contribution in [2.45, 2.75) is 71.3 Å². The summed E-state index contributed by atoms with van der Waals surface area (Å²) in [6.07, 6.45) is 9.33. The highest BCUT2D eigenvalue weighted by atomic mass is 16.5. The van der Waals surface area contributed by atoms with Crippen molar-refractivity contribution in [3.8, 4) is 5.75 Å². The Kier molecular flexibility index (Phi) is 9.14. The standard InChI is InChI=1S/C18H30O2/c1-3-5-6-7-8-9-12-15-20-18-14-11-10-13-16(18)17(19)4-2/h10-11,13-14,17,19H,3-9,12,15H2,1-2H3. The lowest BCUT2D eigenvalue weighted by Crippen LogP contribution is -2.03. The molecule has 1 aromatic carbocycles. The summed E-state index contributed by atoms with van der Waals surface area (Å²) in [5.74, 6) is 0.841. The Hall–Kier alpha value is -1.02. The van der Waals surface area contributed by atoms with Crippen molar-refractivity contribution in [3.63, 3.8) is 0 Å². The van der Waals surface area contributed by atoms with Crippen LogP contribution in [0, 0.1) is 0 Å². The highest BCUT2D eigenvalue weighted by Gasteiger charge is 2.10. The molecule has 20 heavy (non-hydrogen) atoms. The van der Waals surface area contributed by atoms with Gasteiger partial charge in [0.05, 0.1) is 12.7 Å². The summed E-state index contributed by atoms with van der Waals surface area (Å²) < 4.78 is 5.83.